The van der Waals surface area contributed by atoms with Gasteiger partial charge in [0.15, 0.2) is 0 Å². The van der Waals surface area contributed by atoms with Gasteiger partial charge in [-0.3, -0.25) is 0 Å². The number of benzene rings is 9. The molecule has 12 rings (SSSR count). The van der Waals surface area contributed by atoms with Crippen molar-refractivity contribution in [2.45, 2.75) is 0 Å². The quantitative estimate of drug-likeness (QED) is 0.170. The van der Waals surface area contributed by atoms with E-state index in [0.717, 1.165) is 105 Å². The van der Waals surface area contributed by atoms with Crippen molar-refractivity contribution >= 4 is 82.7 Å². The number of fused-ring (bicyclic) bond motifs is 9. The molecule has 4 nitrogen and oxygen atoms in total. The lowest BCUT2D eigenvalue weighted by atomic mass is 10.00. The number of furan rings is 2. The second kappa shape index (κ2) is 12.9. The fourth-order valence-electron chi connectivity index (χ4n) is 9.09. The molecule has 3 aromatic heterocycles. The minimum Gasteiger partial charge on any atom is -0.456 e. The molecule has 12 aromatic rings. The Hall–Kier alpha value is -7.82. The van der Waals surface area contributed by atoms with E-state index >= 15 is 0 Å². The number of rotatable bonds is 6. The van der Waals surface area contributed by atoms with Crippen molar-refractivity contribution < 1.29 is 8.83 Å². The fraction of sp³-hybridized carbons (Fsp3) is 0. The van der Waals surface area contributed by atoms with Gasteiger partial charge in [0.1, 0.15) is 22.3 Å². The SMILES string of the molecule is c1ccc(-c2ccccc2N(c2ccc3oc4ccccc4c3c2)c2cccc3c2c2ccccc2n3-c2ccccc2-c2cccc3c2oc2ccccc23)cc1. The van der Waals surface area contributed by atoms with Gasteiger partial charge in [0.05, 0.1) is 28.1 Å². The highest BCUT2D eigenvalue weighted by Crippen LogP contribution is 2.48. The first kappa shape index (κ1) is 32.4. The summed E-state index contributed by atoms with van der Waals surface area (Å²) in [5, 5.41) is 6.75. The Kier molecular flexibility index (Phi) is 7.20. The van der Waals surface area contributed by atoms with Crippen LogP contribution in [0.4, 0.5) is 17.1 Å². The molecule has 0 radical (unpaired) electrons. The normalized spacial score (nSPS) is 11.8. The highest BCUT2D eigenvalue weighted by atomic mass is 16.3. The van der Waals surface area contributed by atoms with Crippen molar-refractivity contribution in [3.05, 3.63) is 206 Å². The van der Waals surface area contributed by atoms with E-state index in [1.54, 1.807) is 0 Å². The molecule has 0 aliphatic carbocycles. The first-order chi connectivity index (χ1) is 28.8. The Morgan fingerprint density at radius 3 is 1.81 bits per heavy atom. The Labute approximate surface area is 334 Å². The van der Waals surface area contributed by atoms with Crippen LogP contribution in [0.15, 0.2) is 215 Å². The van der Waals surface area contributed by atoms with Crippen LogP contribution in [0, 0.1) is 0 Å². The Balaban J connectivity index is 1.15. The second-order valence-corrected chi connectivity index (χ2v) is 14.8. The van der Waals surface area contributed by atoms with Gasteiger partial charge in [-0.1, -0.05) is 146 Å². The first-order valence-corrected chi connectivity index (χ1v) is 19.7. The third kappa shape index (κ3) is 4.88. The Morgan fingerprint density at radius 2 is 0.948 bits per heavy atom. The lowest BCUT2D eigenvalue weighted by Crippen LogP contribution is -2.11. The number of nitrogens with zero attached hydrogens (tertiary/aromatic N) is 2. The summed E-state index contributed by atoms with van der Waals surface area (Å²) in [6.45, 7) is 0. The van der Waals surface area contributed by atoms with Gasteiger partial charge < -0.3 is 18.3 Å². The van der Waals surface area contributed by atoms with E-state index in [-0.39, 0.29) is 0 Å². The van der Waals surface area contributed by atoms with E-state index in [2.05, 4.69) is 191 Å². The molecule has 0 aliphatic rings. The van der Waals surface area contributed by atoms with Gasteiger partial charge in [-0.25, -0.2) is 0 Å². The van der Waals surface area contributed by atoms with E-state index in [4.69, 9.17) is 8.83 Å². The van der Waals surface area contributed by atoms with Crippen molar-refractivity contribution in [3.8, 4) is 27.9 Å². The maximum Gasteiger partial charge on any atom is 0.143 e. The predicted molar refractivity (Wildman–Crippen MR) is 241 cm³/mol. The van der Waals surface area contributed by atoms with Crippen LogP contribution in [-0.2, 0) is 0 Å². The highest BCUT2D eigenvalue weighted by molar-refractivity contribution is 6.18. The molecule has 9 aromatic carbocycles. The molecule has 0 N–H and O–H groups in total. The van der Waals surface area contributed by atoms with Gasteiger partial charge in [-0.05, 0) is 66.2 Å². The molecule has 0 bridgehead atoms. The minimum atomic E-state index is 0.868. The van der Waals surface area contributed by atoms with E-state index in [9.17, 15) is 0 Å². The number of hydrogen-bond acceptors (Lipinski definition) is 3. The van der Waals surface area contributed by atoms with Gasteiger partial charge in [0, 0.05) is 54.7 Å². The molecule has 0 aliphatic heterocycles. The molecule has 0 atom stereocenters. The largest absolute Gasteiger partial charge is 0.456 e. The van der Waals surface area contributed by atoms with Crippen LogP contribution in [-0.4, -0.2) is 4.57 Å². The first-order valence-electron chi connectivity index (χ1n) is 19.7. The molecule has 0 saturated carbocycles. The summed E-state index contributed by atoms with van der Waals surface area (Å²) >= 11 is 0. The molecular weight excluding hydrogens is 709 g/mol. The zero-order valence-electron chi connectivity index (χ0n) is 31.3. The van der Waals surface area contributed by atoms with Crippen LogP contribution in [0.1, 0.15) is 0 Å². The summed E-state index contributed by atoms with van der Waals surface area (Å²) < 4.78 is 15.4. The molecule has 272 valence electrons. The lowest BCUT2D eigenvalue weighted by Gasteiger charge is -2.29. The molecular formula is C54H34N2O2. The van der Waals surface area contributed by atoms with Gasteiger partial charge in [0.2, 0.25) is 0 Å². The lowest BCUT2D eigenvalue weighted by molar-refractivity contribution is 0.669. The monoisotopic (exact) mass is 742 g/mol. The number of hydrogen-bond donors (Lipinski definition) is 0. The van der Waals surface area contributed by atoms with Crippen molar-refractivity contribution in [1.82, 2.24) is 4.57 Å². The van der Waals surface area contributed by atoms with Crippen LogP contribution >= 0.6 is 0 Å². The smallest absolute Gasteiger partial charge is 0.143 e. The van der Waals surface area contributed by atoms with Crippen molar-refractivity contribution in [1.29, 1.82) is 0 Å². The summed E-state index contributed by atoms with van der Waals surface area (Å²) in [4.78, 5) is 2.43. The molecule has 4 heteroatoms. The summed E-state index contributed by atoms with van der Waals surface area (Å²) in [7, 11) is 0. The predicted octanol–water partition coefficient (Wildman–Crippen LogP) is 15.4. The maximum atomic E-state index is 6.61. The van der Waals surface area contributed by atoms with Crippen LogP contribution in [0.2, 0.25) is 0 Å². The van der Waals surface area contributed by atoms with Gasteiger partial charge in [0.25, 0.3) is 0 Å². The third-order valence-corrected chi connectivity index (χ3v) is 11.6. The maximum absolute atomic E-state index is 6.61. The summed E-state index contributed by atoms with van der Waals surface area (Å²) in [6.07, 6.45) is 0. The van der Waals surface area contributed by atoms with E-state index in [0.29, 0.717) is 0 Å². The summed E-state index contributed by atoms with van der Waals surface area (Å²) in [6, 6.07) is 73.3. The highest BCUT2D eigenvalue weighted by Gasteiger charge is 2.25. The van der Waals surface area contributed by atoms with Crippen LogP contribution < -0.4 is 4.90 Å². The fourth-order valence-corrected chi connectivity index (χ4v) is 9.09. The van der Waals surface area contributed by atoms with Gasteiger partial charge in [-0.15, -0.1) is 0 Å². The standard InChI is InChI=1S/C54H34N2O2/c1-2-16-35(17-3-1)37-18-4-9-25-45(37)55(36-32-33-52-44(34-36)40-21-8-12-30-50(40)57-52)48-28-15-29-49-53(48)43-22-6-11-27-47(43)56(49)46-26-10-5-19-38(46)41-23-14-24-42-39-20-7-13-31-51(39)58-54(41)42/h1-34H. The average Bonchev–Trinajstić information content (AvgIpc) is 3.97. The summed E-state index contributed by atoms with van der Waals surface area (Å²) in [5.41, 5.74) is 14.5. The molecule has 0 amide bonds. The minimum absolute atomic E-state index is 0.868. The van der Waals surface area contributed by atoms with E-state index in [1.165, 1.54) is 5.39 Å². The Bertz CT molecular complexity index is 3530. The van der Waals surface area contributed by atoms with Crippen LogP contribution in [0.5, 0.6) is 0 Å². The molecule has 3 heterocycles. The molecule has 58 heavy (non-hydrogen) atoms. The number of anilines is 3. The topological polar surface area (TPSA) is 34.5 Å². The van der Waals surface area contributed by atoms with E-state index in [1.807, 2.05) is 24.3 Å². The van der Waals surface area contributed by atoms with Crippen molar-refractivity contribution in [2.24, 2.45) is 0 Å². The molecule has 0 saturated heterocycles. The second-order valence-electron chi connectivity index (χ2n) is 14.8. The number of aromatic nitrogens is 1. The average molecular weight is 743 g/mol. The van der Waals surface area contributed by atoms with Crippen LogP contribution in [0.3, 0.4) is 0 Å². The molecule has 0 spiro atoms. The number of para-hydroxylation sites is 6. The van der Waals surface area contributed by atoms with Gasteiger partial charge in [-0.2, -0.15) is 0 Å². The Morgan fingerprint density at radius 1 is 0.362 bits per heavy atom. The summed E-state index contributed by atoms with van der Waals surface area (Å²) in [5.74, 6) is 0. The zero-order valence-corrected chi connectivity index (χ0v) is 31.3. The molecule has 0 fully saturated rings. The van der Waals surface area contributed by atoms with Gasteiger partial charge >= 0.3 is 0 Å². The third-order valence-electron chi connectivity index (χ3n) is 11.6. The van der Waals surface area contributed by atoms with Crippen molar-refractivity contribution in [2.75, 3.05) is 4.90 Å². The van der Waals surface area contributed by atoms with Crippen molar-refractivity contribution in [3.63, 3.8) is 0 Å². The molecule has 0 unspecified atom stereocenters. The zero-order chi connectivity index (χ0) is 38.2. The van der Waals surface area contributed by atoms with E-state index < -0.39 is 0 Å². The van der Waals surface area contributed by atoms with Crippen LogP contribution in [0.25, 0.3) is 93.6 Å².